The van der Waals surface area contributed by atoms with Crippen molar-refractivity contribution < 1.29 is 35.1 Å². The minimum absolute atomic E-state index is 0.0137. The number of halogens is 5. The van der Waals surface area contributed by atoms with Gasteiger partial charge in [0, 0.05) is 25.7 Å². The van der Waals surface area contributed by atoms with E-state index < -0.39 is 33.4 Å². The summed E-state index contributed by atoms with van der Waals surface area (Å²) in [5.74, 6) is -1.73. The molecule has 1 aliphatic rings. The van der Waals surface area contributed by atoms with Crippen LogP contribution in [0.1, 0.15) is 54.9 Å². The lowest BCUT2D eigenvalue weighted by molar-refractivity contribution is -0.140. The van der Waals surface area contributed by atoms with Gasteiger partial charge in [-0.2, -0.15) is 13.2 Å². The first-order valence-corrected chi connectivity index (χ1v) is 14.6. The molecule has 0 atom stereocenters. The molecule has 1 heterocycles. The van der Waals surface area contributed by atoms with Crippen LogP contribution in [0.4, 0.5) is 27.6 Å². The maximum Gasteiger partial charge on any atom is 0.419 e. The molecule has 0 aliphatic carbocycles. The Morgan fingerprint density at radius 3 is 2.42 bits per heavy atom. The maximum absolute atomic E-state index is 14.6. The first-order chi connectivity index (χ1) is 19.0. The van der Waals surface area contributed by atoms with Crippen LogP contribution in [-0.4, -0.2) is 26.5 Å². The Bertz CT molecular complexity index is 1440. The monoisotopic (exact) mass is 582 g/mol. The quantitative estimate of drug-likeness (QED) is 0.190. The van der Waals surface area contributed by atoms with Crippen molar-refractivity contribution >= 4 is 15.7 Å². The van der Waals surface area contributed by atoms with Gasteiger partial charge in [0.05, 0.1) is 22.8 Å². The summed E-state index contributed by atoms with van der Waals surface area (Å²) in [7, 11) is -4.07. The second-order valence-corrected chi connectivity index (χ2v) is 11.5. The van der Waals surface area contributed by atoms with Gasteiger partial charge < -0.3 is 4.74 Å². The summed E-state index contributed by atoms with van der Waals surface area (Å²) < 4.78 is 101. The van der Waals surface area contributed by atoms with E-state index in [2.05, 4.69) is 11.6 Å². The number of alkyl halides is 3. The molecule has 1 N–H and O–H groups in total. The highest BCUT2D eigenvalue weighted by molar-refractivity contribution is 7.92. The summed E-state index contributed by atoms with van der Waals surface area (Å²) in [5.41, 5.74) is 0.567. The molecule has 0 fully saturated rings. The van der Waals surface area contributed by atoms with Gasteiger partial charge >= 0.3 is 6.18 Å². The number of anilines is 1. The molecule has 40 heavy (non-hydrogen) atoms. The summed E-state index contributed by atoms with van der Waals surface area (Å²) in [6.45, 7) is 3.72. The molecule has 1 aliphatic heterocycles. The first-order valence-electron chi connectivity index (χ1n) is 13.1. The molecule has 216 valence electrons. The smallest absolute Gasteiger partial charge is 0.419 e. The lowest BCUT2D eigenvalue weighted by Gasteiger charge is -2.29. The Morgan fingerprint density at radius 1 is 0.925 bits per heavy atom. The summed E-state index contributed by atoms with van der Waals surface area (Å²) in [5, 5.41) is 0. The van der Waals surface area contributed by atoms with Crippen LogP contribution in [-0.2, 0) is 35.7 Å². The first kappa shape index (κ1) is 29.8. The van der Waals surface area contributed by atoms with E-state index in [9.17, 15) is 30.4 Å². The molecule has 0 aromatic heterocycles. The van der Waals surface area contributed by atoms with Crippen molar-refractivity contribution in [1.82, 2.24) is 4.90 Å². The van der Waals surface area contributed by atoms with Crippen molar-refractivity contribution in [3.63, 3.8) is 0 Å². The van der Waals surface area contributed by atoms with Crippen LogP contribution in [0.3, 0.4) is 0 Å². The van der Waals surface area contributed by atoms with Gasteiger partial charge in [0.2, 0.25) is 0 Å². The van der Waals surface area contributed by atoms with Crippen molar-refractivity contribution in [2.75, 3.05) is 17.9 Å². The number of ether oxygens (including phenoxy) is 1. The molecular weight excluding hydrogens is 551 g/mol. The van der Waals surface area contributed by atoms with E-state index >= 15 is 0 Å². The molecule has 11 heteroatoms. The Morgan fingerprint density at radius 2 is 1.73 bits per heavy atom. The van der Waals surface area contributed by atoms with Crippen LogP contribution < -0.4 is 9.46 Å². The fourth-order valence-corrected chi connectivity index (χ4v) is 5.74. The van der Waals surface area contributed by atoms with Crippen LogP contribution in [0, 0.1) is 11.6 Å². The summed E-state index contributed by atoms with van der Waals surface area (Å²) in [6, 6.07) is 11.5. The molecule has 0 bridgehead atoms. The van der Waals surface area contributed by atoms with E-state index in [1.165, 1.54) is 24.3 Å². The van der Waals surface area contributed by atoms with Crippen LogP contribution in [0.5, 0.6) is 5.75 Å². The van der Waals surface area contributed by atoms with Crippen LogP contribution in [0.2, 0.25) is 0 Å². The third-order valence-corrected chi connectivity index (χ3v) is 8.14. The van der Waals surface area contributed by atoms with Gasteiger partial charge in [0.1, 0.15) is 11.6 Å². The Hall–Kier alpha value is -3.18. The molecule has 4 rings (SSSR count). The number of nitrogens with zero attached hydrogens (tertiary/aromatic N) is 1. The van der Waals surface area contributed by atoms with Gasteiger partial charge in [-0.25, -0.2) is 17.2 Å². The van der Waals surface area contributed by atoms with E-state index in [0.29, 0.717) is 37.4 Å². The number of nitrogens with one attached hydrogen (secondary N) is 1. The second-order valence-electron chi connectivity index (χ2n) is 9.86. The number of hydrogen-bond donors (Lipinski definition) is 1. The van der Waals surface area contributed by atoms with E-state index in [4.69, 9.17) is 4.74 Å². The lowest BCUT2D eigenvalue weighted by Crippen LogP contribution is -2.30. The Labute approximate surface area is 231 Å². The van der Waals surface area contributed by atoms with Gasteiger partial charge in [0.25, 0.3) is 10.0 Å². The minimum Gasteiger partial charge on any atom is -0.493 e. The molecule has 0 saturated heterocycles. The van der Waals surface area contributed by atoms with Crippen LogP contribution in [0.15, 0.2) is 59.5 Å². The molecule has 0 saturated carbocycles. The topological polar surface area (TPSA) is 58.6 Å². The average molecular weight is 583 g/mol. The van der Waals surface area contributed by atoms with Crippen molar-refractivity contribution in [1.29, 1.82) is 0 Å². The van der Waals surface area contributed by atoms with Gasteiger partial charge in [-0.3, -0.25) is 9.62 Å². The number of rotatable bonds is 11. The largest absolute Gasteiger partial charge is 0.493 e. The van der Waals surface area contributed by atoms with Crippen molar-refractivity contribution in [2.45, 2.75) is 63.2 Å². The zero-order chi connectivity index (χ0) is 28.9. The van der Waals surface area contributed by atoms with Gasteiger partial charge in [-0.05, 0) is 65.9 Å². The molecule has 0 radical (unpaired) electrons. The summed E-state index contributed by atoms with van der Waals surface area (Å²) in [6.07, 6.45) is -0.191. The highest BCUT2D eigenvalue weighted by Gasteiger charge is 2.34. The standard InChI is InChI=1S/C29H31F5N2O3S/c1-2-3-4-5-14-39-23-8-11-28(27(31)17-23)35-40(37,38)24-9-7-22-19-36(13-12-21(22)16-24)18-20-6-10-25(26(30)15-20)29(32,33)34/h6-11,15-17,35H,2-5,12-14,18-19H2,1H3. The van der Waals surface area contributed by atoms with Gasteiger partial charge in [0.15, 0.2) is 5.82 Å². The maximum atomic E-state index is 14.6. The molecule has 0 spiro atoms. The number of sulfonamides is 1. The molecule has 0 amide bonds. The van der Waals surface area contributed by atoms with E-state index in [1.807, 2.05) is 4.90 Å². The highest BCUT2D eigenvalue weighted by Crippen LogP contribution is 2.32. The molecular formula is C29H31F5N2O3S. The fourth-order valence-electron chi connectivity index (χ4n) is 4.63. The summed E-state index contributed by atoms with van der Waals surface area (Å²) in [4.78, 5) is 1.93. The van der Waals surface area contributed by atoms with Crippen LogP contribution >= 0.6 is 0 Å². The normalized spacial score (nSPS) is 14.2. The highest BCUT2D eigenvalue weighted by atomic mass is 32.2. The fraction of sp³-hybridized carbons (Fsp3) is 0.379. The number of fused-ring (bicyclic) bond motifs is 1. The molecule has 5 nitrogen and oxygen atoms in total. The number of unbranched alkanes of at least 4 members (excludes halogenated alkanes) is 3. The van der Waals surface area contributed by atoms with E-state index in [1.54, 1.807) is 12.1 Å². The van der Waals surface area contributed by atoms with Gasteiger partial charge in [-0.15, -0.1) is 0 Å². The SMILES string of the molecule is CCCCCCOc1ccc(NS(=O)(=O)c2ccc3c(c2)CCN(Cc2ccc(C(F)(F)F)c(F)c2)C3)c(F)c1. The third kappa shape index (κ3) is 7.51. The summed E-state index contributed by atoms with van der Waals surface area (Å²) >= 11 is 0. The number of hydrogen-bond acceptors (Lipinski definition) is 4. The molecule has 3 aromatic rings. The van der Waals surface area contributed by atoms with E-state index in [-0.39, 0.29) is 17.1 Å². The Kier molecular flexibility index (Phi) is 9.35. The molecule has 0 unspecified atom stereocenters. The van der Waals surface area contributed by atoms with Crippen molar-refractivity contribution in [3.8, 4) is 5.75 Å². The van der Waals surface area contributed by atoms with Crippen molar-refractivity contribution in [2.24, 2.45) is 0 Å². The Balaban J connectivity index is 1.38. The number of benzene rings is 3. The van der Waals surface area contributed by atoms with Gasteiger partial charge in [-0.1, -0.05) is 38.3 Å². The van der Waals surface area contributed by atoms with Crippen LogP contribution in [0.25, 0.3) is 0 Å². The van der Waals surface area contributed by atoms with E-state index in [0.717, 1.165) is 55.0 Å². The third-order valence-electron chi connectivity index (χ3n) is 6.78. The second kappa shape index (κ2) is 12.6. The lowest BCUT2D eigenvalue weighted by atomic mass is 9.99. The average Bonchev–Trinajstić information content (AvgIpc) is 2.89. The predicted molar refractivity (Wildman–Crippen MR) is 143 cm³/mol. The minimum atomic E-state index is -4.75. The predicted octanol–water partition coefficient (Wildman–Crippen LogP) is 7.30. The van der Waals surface area contributed by atoms with Crippen molar-refractivity contribution in [3.05, 3.63) is 88.5 Å². The zero-order valence-corrected chi connectivity index (χ0v) is 22.8. The zero-order valence-electron chi connectivity index (χ0n) is 22.0. The molecule has 3 aromatic carbocycles.